The SMILES string of the molecule is COc1cc(C(C)N)cc(C)c1C(=O)c1cccc2cnccc12.Cl.Cl. The molecule has 0 saturated heterocycles. The van der Waals surface area contributed by atoms with E-state index in [1.54, 1.807) is 19.5 Å². The van der Waals surface area contributed by atoms with Crippen LogP contribution < -0.4 is 10.5 Å². The Morgan fingerprint density at radius 2 is 1.92 bits per heavy atom. The monoisotopic (exact) mass is 392 g/mol. The van der Waals surface area contributed by atoms with E-state index in [0.29, 0.717) is 16.9 Å². The zero-order chi connectivity index (χ0) is 17.3. The number of ether oxygens (including phenoxy) is 1. The van der Waals surface area contributed by atoms with Crippen LogP contribution in [0.5, 0.6) is 5.75 Å². The third-order valence-electron chi connectivity index (χ3n) is 4.22. The minimum absolute atomic E-state index is 0. The molecule has 1 unspecified atom stereocenters. The lowest BCUT2D eigenvalue weighted by atomic mass is 9.92. The second-order valence-electron chi connectivity index (χ2n) is 5.94. The molecule has 2 N–H and O–H groups in total. The highest BCUT2D eigenvalue weighted by molar-refractivity contribution is 6.18. The van der Waals surface area contributed by atoms with E-state index in [-0.39, 0.29) is 36.6 Å². The van der Waals surface area contributed by atoms with Crippen molar-refractivity contribution in [2.24, 2.45) is 5.73 Å². The molecular weight excluding hydrogens is 371 g/mol. The zero-order valence-corrected chi connectivity index (χ0v) is 16.5. The number of carbonyl (C=O) groups is 1. The molecule has 0 aliphatic heterocycles. The van der Waals surface area contributed by atoms with Gasteiger partial charge in [-0.3, -0.25) is 9.78 Å². The van der Waals surface area contributed by atoms with Crippen molar-refractivity contribution < 1.29 is 9.53 Å². The number of halogens is 2. The van der Waals surface area contributed by atoms with Gasteiger partial charge in [-0.05, 0) is 42.5 Å². The number of benzene rings is 2. The fraction of sp³-hybridized carbons (Fsp3) is 0.200. The summed E-state index contributed by atoms with van der Waals surface area (Å²) in [6.45, 7) is 3.82. The largest absolute Gasteiger partial charge is 0.496 e. The quantitative estimate of drug-likeness (QED) is 0.656. The number of aryl methyl sites for hydroxylation is 1. The maximum atomic E-state index is 13.2. The van der Waals surface area contributed by atoms with E-state index in [2.05, 4.69) is 4.98 Å². The number of nitrogens with two attached hydrogens (primary N) is 1. The molecule has 4 nitrogen and oxygen atoms in total. The Morgan fingerprint density at radius 3 is 2.58 bits per heavy atom. The summed E-state index contributed by atoms with van der Waals surface area (Å²) in [5, 5.41) is 1.82. The summed E-state index contributed by atoms with van der Waals surface area (Å²) >= 11 is 0. The van der Waals surface area contributed by atoms with Crippen LogP contribution in [-0.4, -0.2) is 17.9 Å². The lowest BCUT2D eigenvalue weighted by molar-refractivity contribution is 0.103. The van der Waals surface area contributed by atoms with Gasteiger partial charge in [0.25, 0.3) is 0 Å². The number of hydrogen-bond acceptors (Lipinski definition) is 4. The number of ketones is 1. The Balaban J connectivity index is 0.00000169. The van der Waals surface area contributed by atoms with Crippen LogP contribution in [-0.2, 0) is 0 Å². The molecule has 0 aliphatic rings. The third-order valence-corrected chi connectivity index (χ3v) is 4.22. The molecule has 1 aromatic heterocycles. The fourth-order valence-corrected chi connectivity index (χ4v) is 2.95. The Bertz CT molecular complexity index is 922. The minimum atomic E-state index is -0.120. The Kier molecular flexibility index (Phi) is 7.57. The second-order valence-corrected chi connectivity index (χ2v) is 5.94. The molecule has 1 atom stereocenters. The lowest BCUT2D eigenvalue weighted by Gasteiger charge is -2.16. The number of aromatic nitrogens is 1. The van der Waals surface area contributed by atoms with Crippen molar-refractivity contribution in [1.29, 1.82) is 0 Å². The number of fused-ring (bicyclic) bond motifs is 1. The molecule has 0 saturated carbocycles. The van der Waals surface area contributed by atoms with E-state index in [9.17, 15) is 4.79 Å². The van der Waals surface area contributed by atoms with Crippen molar-refractivity contribution in [2.45, 2.75) is 19.9 Å². The Morgan fingerprint density at radius 1 is 1.19 bits per heavy atom. The van der Waals surface area contributed by atoms with Gasteiger partial charge in [0.2, 0.25) is 0 Å². The summed E-state index contributed by atoms with van der Waals surface area (Å²) in [7, 11) is 1.57. The van der Waals surface area contributed by atoms with Gasteiger partial charge in [-0.25, -0.2) is 0 Å². The highest BCUT2D eigenvalue weighted by atomic mass is 35.5. The van der Waals surface area contributed by atoms with Gasteiger partial charge in [0.05, 0.1) is 12.7 Å². The predicted molar refractivity (Wildman–Crippen MR) is 110 cm³/mol. The molecule has 2 aromatic carbocycles. The van der Waals surface area contributed by atoms with E-state index in [0.717, 1.165) is 21.9 Å². The average molecular weight is 393 g/mol. The number of rotatable bonds is 4. The van der Waals surface area contributed by atoms with Crippen molar-refractivity contribution in [3.8, 4) is 5.75 Å². The molecular formula is C20H22Cl2N2O2. The van der Waals surface area contributed by atoms with E-state index >= 15 is 0 Å². The van der Waals surface area contributed by atoms with Crippen molar-refractivity contribution >= 4 is 41.4 Å². The first-order valence-electron chi connectivity index (χ1n) is 7.84. The Labute approximate surface area is 165 Å². The van der Waals surface area contributed by atoms with Crippen LogP contribution in [0.1, 0.15) is 40.0 Å². The van der Waals surface area contributed by atoms with Crippen LogP contribution in [0.25, 0.3) is 10.8 Å². The molecule has 0 aliphatic carbocycles. The fourth-order valence-electron chi connectivity index (χ4n) is 2.95. The van der Waals surface area contributed by atoms with Crippen molar-refractivity contribution in [1.82, 2.24) is 4.98 Å². The summed E-state index contributed by atoms with van der Waals surface area (Å²) < 4.78 is 5.48. The number of carbonyl (C=O) groups excluding carboxylic acids is 1. The van der Waals surface area contributed by atoms with E-state index < -0.39 is 0 Å². The third kappa shape index (κ3) is 3.98. The van der Waals surface area contributed by atoms with Gasteiger partial charge < -0.3 is 10.5 Å². The molecule has 26 heavy (non-hydrogen) atoms. The van der Waals surface area contributed by atoms with Crippen molar-refractivity contribution in [3.05, 3.63) is 71.0 Å². The van der Waals surface area contributed by atoms with Crippen LogP contribution in [0, 0.1) is 6.92 Å². The van der Waals surface area contributed by atoms with Crippen LogP contribution in [0.15, 0.2) is 48.8 Å². The zero-order valence-electron chi connectivity index (χ0n) is 14.9. The predicted octanol–water partition coefficient (Wildman–Crippen LogP) is 4.65. The minimum Gasteiger partial charge on any atom is -0.496 e. The summed E-state index contributed by atoms with van der Waals surface area (Å²) in [6, 6.07) is 11.2. The van der Waals surface area contributed by atoms with Gasteiger partial charge in [-0.2, -0.15) is 0 Å². The van der Waals surface area contributed by atoms with E-state index in [1.165, 1.54) is 0 Å². The van der Waals surface area contributed by atoms with Gasteiger partial charge in [0.1, 0.15) is 5.75 Å². The first kappa shape index (κ1) is 21.9. The van der Waals surface area contributed by atoms with E-state index in [1.807, 2.05) is 50.2 Å². The first-order valence-corrected chi connectivity index (χ1v) is 7.84. The summed E-state index contributed by atoms with van der Waals surface area (Å²) in [5.41, 5.74) is 9.00. The second kappa shape index (κ2) is 8.99. The molecule has 0 spiro atoms. The molecule has 0 fully saturated rings. The van der Waals surface area contributed by atoms with Gasteiger partial charge in [-0.1, -0.05) is 24.3 Å². The van der Waals surface area contributed by atoms with Crippen LogP contribution in [0.2, 0.25) is 0 Å². The number of nitrogens with zero attached hydrogens (tertiary/aromatic N) is 1. The number of hydrogen-bond donors (Lipinski definition) is 1. The number of methoxy groups -OCH3 is 1. The molecule has 3 rings (SSSR count). The molecule has 6 heteroatoms. The highest BCUT2D eigenvalue weighted by Crippen LogP contribution is 2.30. The maximum absolute atomic E-state index is 13.2. The van der Waals surface area contributed by atoms with Gasteiger partial charge in [0.15, 0.2) is 5.78 Å². The molecule has 3 aromatic rings. The van der Waals surface area contributed by atoms with Crippen LogP contribution in [0.4, 0.5) is 0 Å². The standard InChI is InChI=1S/C20H20N2O2.2ClH/c1-12-9-15(13(2)21)10-18(24-3)19(12)20(23)17-6-4-5-14-11-22-8-7-16(14)17;;/h4-11,13H,21H2,1-3H3;2*1H. The van der Waals surface area contributed by atoms with Crippen LogP contribution >= 0.6 is 24.8 Å². The summed E-state index contributed by atoms with van der Waals surface area (Å²) in [4.78, 5) is 17.3. The molecule has 0 amide bonds. The smallest absolute Gasteiger partial charge is 0.197 e. The Hall–Kier alpha value is -2.14. The molecule has 1 heterocycles. The maximum Gasteiger partial charge on any atom is 0.197 e. The topological polar surface area (TPSA) is 65.2 Å². The molecule has 138 valence electrons. The summed E-state index contributed by atoms with van der Waals surface area (Å²) in [6.07, 6.45) is 3.46. The van der Waals surface area contributed by atoms with Crippen LogP contribution in [0.3, 0.4) is 0 Å². The van der Waals surface area contributed by atoms with Crippen molar-refractivity contribution in [3.63, 3.8) is 0 Å². The lowest BCUT2D eigenvalue weighted by Crippen LogP contribution is -2.11. The molecule has 0 radical (unpaired) electrons. The average Bonchev–Trinajstić information content (AvgIpc) is 2.59. The molecule has 0 bridgehead atoms. The number of pyridine rings is 1. The van der Waals surface area contributed by atoms with E-state index in [4.69, 9.17) is 10.5 Å². The highest BCUT2D eigenvalue weighted by Gasteiger charge is 2.20. The van der Waals surface area contributed by atoms with Gasteiger partial charge in [0, 0.05) is 29.4 Å². The van der Waals surface area contributed by atoms with Crippen molar-refractivity contribution in [2.75, 3.05) is 7.11 Å². The van der Waals surface area contributed by atoms with Gasteiger partial charge in [-0.15, -0.1) is 24.8 Å². The van der Waals surface area contributed by atoms with Gasteiger partial charge >= 0.3 is 0 Å². The summed E-state index contributed by atoms with van der Waals surface area (Å²) in [5.74, 6) is 0.496. The first-order chi connectivity index (χ1) is 11.5. The normalized spacial score (nSPS) is 11.2.